The summed E-state index contributed by atoms with van der Waals surface area (Å²) in [6.07, 6.45) is 1.20. The van der Waals surface area contributed by atoms with Crippen LogP contribution in [0.4, 0.5) is 0 Å². The van der Waals surface area contributed by atoms with Crippen LogP contribution < -0.4 is 5.48 Å². The quantitative estimate of drug-likeness (QED) is 0.200. The summed E-state index contributed by atoms with van der Waals surface area (Å²) in [5.74, 6) is -4.49. The lowest BCUT2D eigenvalue weighted by molar-refractivity contribution is -0.195. The molecule has 0 aromatic heterocycles. The summed E-state index contributed by atoms with van der Waals surface area (Å²) in [5.41, 5.74) is 2.42. The predicted octanol–water partition coefficient (Wildman–Crippen LogP) is 0.246. The van der Waals surface area contributed by atoms with E-state index < -0.39 is 48.5 Å². The predicted molar refractivity (Wildman–Crippen MR) is 85.3 cm³/mol. The fraction of sp³-hybridized carbons (Fsp3) is 0.500. The van der Waals surface area contributed by atoms with Crippen molar-refractivity contribution < 1.29 is 43.7 Å². The first-order valence-corrected chi connectivity index (χ1v) is 7.70. The zero-order valence-electron chi connectivity index (χ0n) is 14.1. The van der Waals surface area contributed by atoms with Crippen molar-refractivity contribution in [3.8, 4) is 0 Å². The Labute approximate surface area is 149 Å². The van der Waals surface area contributed by atoms with Crippen LogP contribution in [-0.2, 0) is 33.5 Å². The Morgan fingerprint density at radius 2 is 2.08 bits per heavy atom. The monoisotopic (exact) mass is 371 g/mol. The summed E-state index contributed by atoms with van der Waals surface area (Å²) >= 11 is 0. The van der Waals surface area contributed by atoms with Crippen LogP contribution in [0.1, 0.15) is 19.3 Å². The average Bonchev–Trinajstić information content (AvgIpc) is 2.60. The van der Waals surface area contributed by atoms with Crippen LogP contribution in [0.25, 0.3) is 0 Å². The van der Waals surface area contributed by atoms with E-state index in [4.69, 9.17) is 19.8 Å². The second-order valence-electron chi connectivity index (χ2n) is 5.50. The Morgan fingerprint density at radius 3 is 2.58 bits per heavy atom. The summed E-state index contributed by atoms with van der Waals surface area (Å²) in [6, 6.07) is -0.899. The van der Waals surface area contributed by atoms with Gasteiger partial charge in [-0.25, -0.2) is 4.79 Å². The number of ether oxygens (including phenoxy) is 2. The lowest BCUT2D eigenvalue weighted by atomic mass is 9.81. The molecule has 0 spiro atoms. The number of carbonyl (C=O) groups is 4. The van der Waals surface area contributed by atoms with Crippen LogP contribution >= 0.6 is 0 Å². The van der Waals surface area contributed by atoms with Gasteiger partial charge in [-0.2, -0.15) is 5.48 Å². The molecule has 4 atom stereocenters. The molecule has 0 radical (unpaired) electrons. The summed E-state index contributed by atoms with van der Waals surface area (Å²) in [7, 11) is 1.16. The van der Waals surface area contributed by atoms with Crippen molar-refractivity contribution in [1.29, 1.82) is 0 Å². The van der Waals surface area contributed by atoms with E-state index >= 15 is 0 Å². The second-order valence-corrected chi connectivity index (χ2v) is 5.50. The molecule has 10 nitrogen and oxygen atoms in total. The molecule has 0 amide bonds. The van der Waals surface area contributed by atoms with Gasteiger partial charge in [0.05, 0.1) is 31.4 Å². The first-order chi connectivity index (χ1) is 12.3. The number of carbonyl (C=O) groups excluding carboxylic acids is 2. The third kappa shape index (κ3) is 5.97. The van der Waals surface area contributed by atoms with Gasteiger partial charge < -0.3 is 24.5 Å². The fourth-order valence-corrected chi connectivity index (χ4v) is 2.44. The zero-order valence-corrected chi connectivity index (χ0v) is 14.1. The zero-order chi connectivity index (χ0) is 19.7. The minimum atomic E-state index is -1.14. The smallest absolute Gasteiger partial charge is 0.337 e. The molecular formula is C16H21NO9. The number of carboxylic acids is 2. The van der Waals surface area contributed by atoms with Crippen molar-refractivity contribution in [2.24, 2.45) is 11.8 Å². The largest absolute Gasteiger partial charge is 0.481 e. The summed E-state index contributed by atoms with van der Waals surface area (Å²) in [4.78, 5) is 49.8. The third-order valence-corrected chi connectivity index (χ3v) is 3.76. The minimum Gasteiger partial charge on any atom is -0.481 e. The molecule has 0 saturated carbocycles. The number of rotatable bonds is 11. The highest BCUT2D eigenvalue weighted by atomic mass is 16.8. The van der Waals surface area contributed by atoms with Crippen LogP contribution in [0.15, 0.2) is 24.5 Å². The lowest BCUT2D eigenvalue weighted by Crippen LogP contribution is -2.43. The van der Waals surface area contributed by atoms with E-state index in [2.05, 4.69) is 16.8 Å². The van der Waals surface area contributed by atoms with Crippen molar-refractivity contribution in [3.05, 3.63) is 24.5 Å². The molecule has 26 heavy (non-hydrogen) atoms. The molecule has 144 valence electrons. The Balaban J connectivity index is 2.88. The van der Waals surface area contributed by atoms with Gasteiger partial charge in [-0.05, 0) is 6.42 Å². The molecule has 3 unspecified atom stereocenters. The molecule has 3 N–H and O–H groups in total. The van der Waals surface area contributed by atoms with Crippen LogP contribution in [0.2, 0.25) is 0 Å². The number of methoxy groups -OCH3 is 1. The summed E-state index contributed by atoms with van der Waals surface area (Å²) in [6.45, 7) is 3.61. The van der Waals surface area contributed by atoms with Crippen molar-refractivity contribution in [2.75, 3.05) is 7.11 Å². The Bertz CT molecular complexity index is 586. The first kappa shape index (κ1) is 21.3. The number of nitrogens with one attached hydrogen (secondary N) is 1. The molecule has 1 aliphatic heterocycles. The van der Waals surface area contributed by atoms with Crippen LogP contribution in [0, 0.1) is 11.8 Å². The molecule has 0 fully saturated rings. The highest BCUT2D eigenvalue weighted by Crippen LogP contribution is 2.35. The Morgan fingerprint density at radius 1 is 1.38 bits per heavy atom. The molecule has 0 aromatic rings. The van der Waals surface area contributed by atoms with Gasteiger partial charge in [-0.15, -0.1) is 6.58 Å². The molecule has 1 heterocycles. The molecule has 10 heteroatoms. The maximum absolute atomic E-state index is 11.8. The SMILES string of the molecule is C=CC1C(ON[C@H](C=O)CCC(=O)O)OC=C(C(=O)OC)C1CC(=O)O. The number of hydrogen-bond donors (Lipinski definition) is 3. The van der Waals surface area contributed by atoms with Crippen LogP contribution in [0.5, 0.6) is 0 Å². The van der Waals surface area contributed by atoms with E-state index in [0.717, 1.165) is 13.4 Å². The highest BCUT2D eigenvalue weighted by molar-refractivity contribution is 5.89. The minimum absolute atomic E-state index is 0.00782. The van der Waals surface area contributed by atoms with Gasteiger partial charge in [0.25, 0.3) is 0 Å². The lowest BCUT2D eigenvalue weighted by Gasteiger charge is -2.34. The first-order valence-electron chi connectivity index (χ1n) is 7.70. The van der Waals surface area contributed by atoms with E-state index in [9.17, 15) is 19.2 Å². The fourth-order valence-electron chi connectivity index (χ4n) is 2.44. The van der Waals surface area contributed by atoms with Gasteiger partial charge in [-0.1, -0.05) is 6.08 Å². The van der Waals surface area contributed by atoms with Crippen molar-refractivity contribution in [1.82, 2.24) is 5.48 Å². The van der Waals surface area contributed by atoms with Gasteiger partial charge in [0.2, 0.25) is 6.29 Å². The summed E-state index contributed by atoms with van der Waals surface area (Å²) in [5, 5.41) is 17.8. The van der Waals surface area contributed by atoms with Gasteiger partial charge in [0.15, 0.2) is 0 Å². The molecule has 0 aromatic carbocycles. The van der Waals surface area contributed by atoms with E-state index in [1.165, 1.54) is 6.08 Å². The Kier molecular flexibility index (Phi) is 8.46. The molecular weight excluding hydrogens is 350 g/mol. The van der Waals surface area contributed by atoms with Crippen LogP contribution in [-0.4, -0.2) is 53.8 Å². The maximum Gasteiger partial charge on any atom is 0.337 e. The van der Waals surface area contributed by atoms with E-state index in [1.54, 1.807) is 0 Å². The van der Waals surface area contributed by atoms with Gasteiger partial charge in [-0.3, -0.25) is 14.4 Å². The number of esters is 1. The number of hydrogen-bond acceptors (Lipinski definition) is 8. The van der Waals surface area contributed by atoms with E-state index in [-0.39, 0.29) is 18.4 Å². The normalized spacial score (nSPS) is 23.1. The number of aliphatic carboxylic acids is 2. The highest BCUT2D eigenvalue weighted by Gasteiger charge is 2.40. The molecule has 1 aliphatic rings. The molecule has 1 rings (SSSR count). The Hall–Kier alpha value is -2.72. The topological polar surface area (TPSA) is 148 Å². The van der Waals surface area contributed by atoms with Crippen molar-refractivity contribution in [3.63, 3.8) is 0 Å². The van der Waals surface area contributed by atoms with Crippen LogP contribution in [0.3, 0.4) is 0 Å². The molecule has 0 saturated heterocycles. The standard InChI is InChI=1S/C16H21NO9/c1-3-10-11(6-14(21)22)12(15(23)24-2)8-25-16(10)26-17-9(7-18)4-5-13(19)20/h3,7-11,16-17H,1,4-6H2,2H3,(H,19,20)(H,21,22)/t9-,10?,11?,16?/m0/s1. The van der Waals surface area contributed by atoms with Crippen molar-refractivity contribution in [2.45, 2.75) is 31.6 Å². The van der Waals surface area contributed by atoms with Gasteiger partial charge in [0.1, 0.15) is 6.29 Å². The molecule has 0 bridgehead atoms. The van der Waals surface area contributed by atoms with E-state index in [0.29, 0.717) is 6.29 Å². The summed E-state index contributed by atoms with van der Waals surface area (Å²) < 4.78 is 9.93. The number of carboxylic acid groups (broad SMARTS) is 2. The third-order valence-electron chi connectivity index (χ3n) is 3.76. The maximum atomic E-state index is 11.8. The van der Waals surface area contributed by atoms with Crippen molar-refractivity contribution >= 4 is 24.2 Å². The van der Waals surface area contributed by atoms with E-state index in [1.807, 2.05) is 0 Å². The number of hydroxylamine groups is 1. The number of aldehydes is 1. The average molecular weight is 371 g/mol. The second kappa shape index (κ2) is 10.3. The molecule has 0 aliphatic carbocycles. The van der Waals surface area contributed by atoms with Gasteiger partial charge >= 0.3 is 17.9 Å². The van der Waals surface area contributed by atoms with Gasteiger partial charge in [0, 0.05) is 18.3 Å².